The van der Waals surface area contributed by atoms with Gasteiger partial charge < -0.3 is 0 Å². The standard InChI is InChI=1S/C36H48F2/c1-3-5-7-8-10-12-33-25-26-34(36(38)35(33)37)32-23-21-31(22-24-32)30-19-17-29(18-20-30)28-15-13-27(14-16-28)11-9-6-4-2/h9,11,17-20,23,25-28,31H,3-8,10,12-16,21-22,24H2,1-2H3/b11-9+. The van der Waals surface area contributed by atoms with Crippen LogP contribution < -0.4 is 0 Å². The van der Waals surface area contributed by atoms with Gasteiger partial charge >= 0.3 is 0 Å². The van der Waals surface area contributed by atoms with Gasteiger partial charge in [-0.3, -0.25) is 0 Å². The van der Waals surface area contributed by atoms with E-state index in [1.807, 2.05) is 12.1 Å². The van der Waals surface area contributed by atoms with Gasteiger partial charge in [0, 0.05) is 5.56 Å². The summed E-state index contributed by atoms with van der Waals surface area (Å²) in [5, 5.41) is 0. The molecular weight excluding hydrogens is 470 g/mol. The van der Waals surface area contributed by atoms with E-state index in [9.17, 15) is 4.39 Å². The lowest BCUT2D eigenvalue weighted by Crippen LogP contribution is -2.12. The third-order valence-corrected chi connectivity index (χ3v) is 8.98. The predicted molar refractivity (Wildman–Crippen MR) is 159 cm³/mol. The Morgan fingerprint density at radius 3 is 2.11 bits per heavy atom. The lowest BCUT2D eigenvalue weighted by atomic mass is 9.77. The molecule has 2 aromatic rings. The number of hydrogen-bond donors (Lipinski definition) is 0. The molecule has 0 heterocycles. The largest absolute Gasteiger partial charge is 0.203 e. The van der Waals surface area contributed by atoms with Crippen LogP contribution >= 0.6 is 0 Å². The zero-order valence-corrected chi connectivity index (χ0v) is 23.8. The topological polar surface area (TPSA) is 0 Å². The van der Waals surface area contributed by atoms with Gasteiger partial charge in [-0.15, -0.1) is 0 Å². The number of benzene rings is 2. The summed E-state index contributed by atoms with van der Waals surface area (Å²) in [7, 11) is 0. The third-order valence-electron chi connectivity index (χ3n) is 8.98. The van der Waals surface area contributed by atoms with Crippen LogP contribution in [0.5, 0.6) is 0 Å². The van der Waals surface area contributed by atoms with Gasteiger partial charge in [0.25, 0.3) is 0 Å². The first kappa shape index (κ1) is 28.8. The SMILES string of the molecule is CCC/C=C/C1CCC(c2ccc(C3CC=C(c4ccc(CCCCCCC)c(F)c4F)CC3)cc2)CC1. The zero-order valence-electron chi connectivity index (χ0n) is 23.8. The van der Waals surface area contributed by atoms with Crippen molar-refractivity contribution < 1.29 is 8.78 Å². The highest BCUT2D eigenvalue weighted by Crippen LogP contribution is 2.40. The molecule has 0 spiro atoms. The van der Waals surface area contributed by atoms with Gasteiger partial charge in [-0.1, -0.05) is 101 Å². The third kappa shape index (κ3) is 7.67. The fourth-order valence-corrected chi connectivity index (χ4v) is 6.47. The molecule has 0 radical (unpaired) electrons. The maximum Gasteiger partial charge on any atom is 0.166 e. The molecule has 2 heteroatoms. The molecule has 2 aliphatic rings. The molecule has 2 aromatic carbocycles. The van der Waals surface area contributed by atoms with E-state index in [4.69, 9.17) is 0 Å². The minimum Gasteiger partial charge on any atom is -0.203 e. The molecule has 2 aliphatic carbocycles. The molecule has 0 nitrogen and oxygen atoms in total. The normalized spacial score (nSPS) is 22.1. The Kier molecular flexibility index (Phi) is 11.2. The molecule has 0 N–H and O–H groups in total. The average Bonchev–Trinajstić information content (AvgIpc) is 2.96. The van der Waals surface area contributed by atoms with Gasteiger partial charge in [0.05, 0.1) is 0 Å². The number of rotatable bonds is 12. The molecular formula is C36H48F2. The Labute approximate surface area is 230 Å². The summed E-state index contributed by atoms with van der Waals surface area (Å²) in [6.45, 7) is 4.43. The van der Waals surface area contributed by atoms with Gasteiger partial charge in [-0.25, -0.2) is 8.78 Å². The van der Waals surface area contributed by atoms with E-state index in [1.165, 1.54) is 68.9 Å². The van der Waals surface area contributed by atoms with Crippen molar-refractivity contribution in [1.82, 2.24) is 0 Å². The van der Waals surface area contributed by atoms with Crippen molar-refractivity contribution in [3.63, 3.8) is 0 Å². The van der Waals surface area contributed by atoms with Crippen LogP contribution in [0.1, 0.15) is 138 Å². The van der Waals surface area contributed by atoms with E-state index < -0.39 is 11.6 Å². The molecule has 1 unspecified atom stereocenters. The lowest BCUT2D eigenvalue weighted by molar-refractivity contribution is 0.375. The molecule has 206 valence electrons. The maximum absolute atomic E-state index is 15.0. The second-order valence-electron chi connectivity index (χ2n) is 11.8. The first-order valence-electron chi connectivity index (χ1n) is 15.5. The Morgan fingerprint density at radius 2 is 1.45 bits per heavy atom. The summed E-state index contributed by atoms with van der Waals surface area (Å²) in [6, 6.07) is 13.0. The summed E-state index contributed by atoms with van der Waals surface area (Å²) in [4.78, 5) is 0. The summed E-state index contributed by atoms with van der Waals surface area (Å²) >= 11 is 0. The average molecular weight is 519 g/mol. The number of halogens is 2. The molecule has 0 aromatic heterocycles. The second-order valence-corrected chi connectivity index (χ2v) is 11.8. The highest BCUT2D eigenvalue weighted by molar-refractivity contribution is 5.67. The van der Waals surface area contributed by atoms with Crippen LogP contribution in [0.15, 0.2) is 54.6 Å². The van der Waals surface area contributed by atoms with Crippen LogP contribution in [-0.2, 0) is 6.42 Å². The first-order chi connectivity index (χ1) is 18.6. The van der Waals surface area contributed by atoms with Crippen LogP contribution in [0.25, 0.3) is 5.57 Å². The second kappa shape index (κ2) is 14.8. The first-order valence-corrected chi connectivity index (χ1v) is 15.5. The van der Waals surface area contributed by atoms with Crippen molar-refractivity contribution in [2.75, 3.05) is 0 Å². The maximum atomic E-state index is 15.0. The van der Waals surface area contributed by atoms with Gasteiger partial charge in [0.1, 0.15) is 0 Å². The zero-order chi connectivity index (χ0) is 26.7. The van der Waals surface area contributed by atoms with Crippen molar-refractivity contribution in [2.24, 2.45) is 5.92 Å². The molecule has 0 amide bonds. The van der Waals surface area contributed by atoms with Crippen molar-refractivity contribution in [3.05, 3.63) is 88.5 Å². The summed E-state index contributed by atoms with van der Waals surface area (Å²) in [5.41, 5.74) is 4.82. The molecule has 0 bridgehead atoms. The Balaban J connectivity index is 1.30. The van der Waals surface area contributed by atoms with Gasteiger partial charge in [-0.05, 0) is 104 Å². The lowest BCUT2D eigenvalue weighted by Gasteiger charge is -2.28. The smallest absolute Gasteiger partial charge is 0.166 e. The fraction of sp³-hybridized carbons (Fsp3) is 0.556. The van der Waals surface area contributed by atoms with Crippen molar-refractivity contribution in [2.45, 2.75) is 122 Å². The van der Waals surface area contributed by atoms with E-state index >= 15 is 4.39 Å². The highest BCUT2D eigenvalue weighted by atomic mass is 19.2. The van der Waals surface area contributed by atoms with E-state index in [0.29, 0.717) is 29.4 Å². The molecule has 1 fully saturated rings. The van der Waals surface area contributed by atoms with Gasteiger partial charge in [-0.2, -0.15) is 0 Å². The van der Waals surface area contributed by atoms with Crippen molar-refractivity contribution >= 4 is 5.57 Å². The van der Waals surface area contributed by atoms with Crippen LogP contribution in [0.3, 0.4) is 0 Å². The van der Waals surface area contributed by atoms with Gasteiger partial charge in [0.2, 0.25) is 0 Å². The molecule has 0 aliphatic heterocycles. The van der Waals surface area contributed by atoms with E-state index in [1.54, 1.807) is 0 Å². The number of hydrogen-bond acceptors (Lipinski definition) is 0. The molecule has 0 saturated heterocycles. The quantitative estimate of drug-likeness (QED) is 0.194. The summed E-state index contributed by atoms with van der Waals surface area (Å²) < 4.78 is 29.8. The highest BCUT2D eigenvalue weighted by Gasteiger charge is 2.23. The van der Waals surface area contributed by atoms with Crippen LogP contribution in [0.4, 0.5) is 8.78 Å². The van der Waals surface area contributed by atoms with E-state index in [-0.39, 0.29) is 0 Å². The molecule has 1 atom stereocenters. The fourth-order valence-electron chi connectivity index (χ4n) is 6.47. The Morgan fingerprint density at radius 1 is 0.737 bits per heavy atom. The minimum absolute atomic E-state index is 0.461. The van der Waals surface area contributed by atoms with Gasteiger partial charge in [0.15, 0.2) is 11.6 Å². The predicted octanol–water partition coefficient (Wildman–Crippen LogP) is 11.5. The minimum atomic E-state index is -0.652. The summed E-state index contributed by atoms with van der Waals surface area (Å²) in [6.07, 6.45) is 23.5. The Hall–Kier alpha value is -2.22. The van der Waals surface area contributed by atoms with E-state index in [2.05, 4.69) is 56.3 Å². The van der Waals surface area contributed by atoms with E-state index in [0.717, 1.165) is 43.6 Å². The molecule has 4 rings (SSSR count). The number of aryl methyl sites for hydroxylation is 1. The Bertz CT molecular complexity index is 1050. The number of unbranched alkanes of at least 4 members (excludes halogenated alkanes) is 5. The van der Waals surface area contributed by atoms with Crippen LogP contribution in [-0.4, -0.2) is 0 Å². The van der Waals surface area contributed by atoms with Crippen molar-refractivity contribution in [3.8, 4) is 0 Å². The monoisotopic (exact) mass is 518 g/mol. The summed E-state index contributed by atoms with van der Waals surface area (Å²) in [5.74, 6) is 0.631. The number of allylic oxidation sites excluding steroid dienone is 4. The molecule has 38 heavy (non-hydrogen) atoms. The van der Waals surface area contributed by atoms with Crippen LogP contribution in [0.2, 0.25) is 0 Å². The molecule has 1 saturated carbocycles. The van der Waals surface area contributed by atoms with Crippen LogP contribution in [0, 0.1) is 17.6 Å². The van der Waals surface area contributed by atoms with Crippen molar-refractivity contribution in [1.29, 1.82) is 0 Å².